The van der Waals surface area contributed by atoms with Gasteiger partial charge in [-0.05, 0) is 109 Å². The van der Waals surface area contributed by atoms with Gasteiger partial charge in [0.15, 0.2) is 0 Å². The number of carbonyl (C=O) groups is 3. The number of amides is 3. The van der Waals surface area contributed by atoms with Crippen molar-refractivity contribution >= 4 is 52.7 Å². The molecule has 5 fully saturated rings. The molecule has 0 atom stereocenters. The van der Waals surface area contributed by atoms with Crippen LogP contribution in [0.3, 0.4) is 0 Å². The van der Waals surface area contributed by atoms with Crippen molar-refractivity contribution in [2.75, 3.05) is 75.2 Å². The minimum atomic E-state index is -0.471. The lowest BCUT2D eigenvalue weighted by Gasteiger charge is -2.35. The van der Waals surface area contributed by atoms with Crippen molar-refractivity contribution in [3.05, 3.63) is 57.6 Å². The summed E-state index contributed by atoms with van der Waals surface area (Å²) in [5.41, 5.74) is 3.93. The molecule has 0 radical (unpaired) electrons. The number of hydrogen-bond acceptors (Lipinski definition) is 8. The Morgan fingerprint density at radius 1 is 0.636 bits per heavy atom. The molecule has 4 heterocycles. The predicted molar refractivity (Wildman–Crippen MR) is 219 cm³/mol. The highest BCUT2D eigenvalue weighted by Crippen LogP contribution is 2.52. The fourth-order valence-electron chi connectivity index (χ4n) is 7.95. The molecule has 0 N–H and O–H groups in total. The number of rotatable bonds is 6. The maximum absolute atomic E-state index is 12.2. The van der Waals surface area contributed by atoms with Crippen LogP contribution in [0.15, 0.2) is 36.4 Å². The molecule has 13 heteroatoms. The highest BCUT2D eigenvalue weighted by molar-refractivity contribution is 6.34. The van der Waals surface area contributed by atoms with Crippen molar-refractivity contribution in [3.63, 3.8) is 0 Å². The van der Waals surface area contributed by atoms with Crippen LogP contribution in [0.2, 0.25) is 10.0 Å². The number of carbonyl (C=O) groups excluding carboxylic acids is 3. The van der Waals surface area contributed by atoms with E-state index < -0.39 is 11.2 Å². The molecule has 2 aromatic carbocycles. The van der Waals surface area contributed by atoms with Crippen LogP contribution in [-0.4, -0.2) is 120 Å². The number of halogens is 2. The van der Waals surface area contributed by atoms with Crippen LogP contribution in [-0.2, 0) is 27.4 Å². The van der Waals surface area contributed by atoms with Gasteiger partial charge in [-0.25, -0.2) is 9.59 Å². The fourth-order valence-corrected chi connectivity index (χ4v) is 8.39. The third kappa shape index (κ3) is 11.0. The summed E-state index contributed by atoms with van der Waals surface area (Å²) in [7, 11) is 0. The van der Waals surface area contributed by atoms with E-state index in [0.29, 0.717) is 43.2 Å². The standard InChI is InChI=1S/C22H32ClN3O2.C20H28ClN3O3/c1-21(2,3)28-20(27)25-13-11-24(12-14-25)16-17-5-6-18(23)19(15-17)26-10-4-7-22(26)8-9-22;1-20(2,3)27-19(26)23-11-9-22(10-12-23)14-15-6-7-16(21)17(13-15)24-8-4-5-18(24)25/h5-6,15H,4,7-14,16H2,1-3H3;6-7,13H,4-5,8-12,14H2,1-3H3. The average molecular weight is 800 g/mol. The van der Waals surface area contributed by atoms with Gasteiger partial charge < -0.3 is 29.1 Å². The summed E-state index contributed by atoms with van der Waals surface area (Å²) in [5.74, 6) is 0.139. The number of piperazine rings is 2. The van der Waals surface area contributed by atoms with Gasteiger partial charge in [0.2, 0.25) is 5.91 Å². The molecule has 4 saturated heterocycles. The molecule has 1 saturated carbocycles. The van der Waals surface area contributed by atoms with Crippen molar-refractivity contribution < 1.29 is 23.9 Å². The number of ether oxygens (including phenoxy) is 2. The predicted octanol–water partition coefficient (Wildman–Crippen LogP) is 8.05. The van der Waals surface area contributed by atoms with E-state index in [4.69, 9.17) is 32.7 Å². The molecular weight excluding hydrogens is 739 g/mol. The summed E-state index contributed by atoms with van der Waals surface area (Å²) in [4.78, 5) is 49.1. The molecule has 0 aromatic heterocycles. The molecule has 7 rings (SSSR count). The van der Waals surface area contributed by atoms with Gasteiger partial charge >= 0.3 is 12.2 Å². The van der Waals surface area contributed by atoms with Crippen molar-refractivity contribution in [1.82, 2.24) is 19.6 Å². The second kappa shape index (κ2) is 17.1. The Morgan fingerprint density at radius 2 is 1.11 bits per heavy atom. The smallest absolute Gasteiger partial charge is 0.410 e. The van der Waals surface area contributed by atoms with Crippen LogP contribution in [0.1, 0.15) is 91.2 Å². The van der Waals surface area contributed by atoms with Crippen LogP contribution in [0.25, 0.3) is 0 Å². The molecule has 11 nitrogen and oxygen atoms in total. The van der Waals surface area contributed by atoms with Crippen LogP contribution >= 0.6 is 23.2 Å². The Balaban J connectivity index is 0.000000187. The Kier molecular flexibility index (Phi) is 12.9. The Bertz CT molecular complexity index is 1690. The van der Waals surface area contributed by atoms with Gasteiger partial charge in [-0.3, -0.25) is 14.6 Å². The number of hydrogen-bond donors (Lipinski definition) is 0. The van der Waals surface area contributed by atoms with Gasteiger partial charge in [-0.15, -0.1) is 0 Å². The van der Waals surface area contributed by atoms with Gasteiger partial charge in [0.25, 0.3) is 0 Å². The van der Waals surface area contributed by atoms with Crippen molar-refractivity contribution in [3.8, 4) is 0 Å². The van der Waals surface area contributed by atoms with Crippen molar-refractivity contribution in [1.29, 1.82) is 0 Å². The molecule has 302 valence electrons. The van der Waals surface area contributed by atoms with Gasteiger partial charge in [0.05, 0.1) is 21.4 Å². The van der Waals surface area contributed by atoms with Crippen LogP contribution in [0.4, 0.5) is 21.0 Å². The number of benzene rings is 2. The summed E-state index contributed by atoms with van der Waals surface area (Å²) < 4.78 is 10.9. The van der Waals surface area contributed by atoms with E-state index in [-0.39, 0.29) is 18.1 Å². The summed E-state index contributed by atoms with van der Waals surface area (Å²) in [5, 5.41) is 1.48. The van der Waals surface area contributed by atoms with E-state index >= 15 is 0 Å². The van der Waals surface area contributed by atoms with Gasteiger partial charge in [0.1, 0.15) is 11.2 Å². The third-order valence-electron chi connectivity index (χ3n) is 11.0. The first-order valence-corrected chi connectivity index (χ1v) is 20.8. The number of anilines is 2. The highest BCUT2D eigenvalue weighted by atomic mass is 35.5. The highest BCUT2D eigenvalue weighted by Gasteiger charge is 2.51. The van der Waals surface area contributed by atoms with E-state index in [9.17, 15) is 14.4 Å². The van der Waals surface area contributed by atoms with Crippen LogP contribution in [0.5, 0.6) is 0 Å². The lowest BCUT2D eigenvalue weighted by Crippen LogP contribution is -2.49. The van der Waals surface area contributed by atoms with E-state index in [1.165, 1.54) is 36.9 Å². The molecule has 55 heavy (non-hydrogen) atoms. The first kappa shape index (κ1) is 41.4. The lowest BCUT2D eigenvalue weighted by atomic mass is 10.1. The molecule has 1 aliphatic carbocycles. The quantitative estimate of drug-likeness (QED) is 0.290. The zero-order chi connectivity index (χ0) is 39.5. The monoisotopic (exact) mass is 798 g/mol. The summed E-state index contributed by atoms with van der Waals surface area (Å²) in [6, 6.07) is 12.4. The van der Waals surface area contributed by atoms with Crippen LogP contribution < -0.4 is 9.80 Å². The van der Waals surface area contributed by atoms with Gasteiger partial charge in [0, 0.05) is 90.5 Å². The zero-order valence-electron chi connectivity index (χ0n) is 33.7. The van der Waals surface area contributed by atoms with Gasteiger partial charge in [-0.1, -0.05) is 35.3 Å². The minimum Gasteiger partial charge on any atom is -0.444 e. The largest absolute Gasteiger partial charge is 0.444 e. The van der Waals surface area contributed by atoms with Crippen molar-refractivity contribution in [2.45, 2.75) is 110 Å². The Morgan fingerprint density at radius 3 is 1.55 bits per heavy atom. The van der Waals surface area contributed by atoms with Crippen molar-refractivity contribution in [2.24, 2.45) is 0 Å². The fraction of sp³-hybridized carbons (Fsp3) is 0.643. The SMILES string of the molecule is CC(C)(C)OC(=O)N1CCN(Cc2ccc(Cl)c(N3CCCC34CC4)c2)CC1.CC(C)(C)OC(=O)N1CCN(Cc2ccc(Cl)c(N3CCCC3=O)c2)CC1. The first-order chi connectivity index (χ1) is 26.0. The Hall–Kier alpha value is -3.25. The van der Waals surface area contributed by atoms with E-state index in [1.54, 1.807) is 9.80 Å². The average Bonchev–Trinajstić information content (AvgIpc) is 3.58. The summed E-state index contributed by atoms with van der Waals surface area (Å²) in [6.07, 6.45) is 6.21. The second-order valence-corrected chi connectivity index (χ2v) is 18.5. The van der Waals surface area contributed by atoms with E-state index in [1.807, 2.05) is 64.6 Å². The molecule has 1 spiro atoms. The summed E-state index contributed by atoms with van der Waals surface area (Å²) >= 11 is 12.9. The normalized spacial score (nSPS) is 20.5. The maximum Gasteiger partial charge on any atom is 0.410 e. The summed E-state index contributed by atoms with van der Waals surface area (Å²) in [6.45, 7) is 20.9. The van der Waals surface area contributed by atoms with Crippen LogP contribution in [0, 0.1) is 0 Å². The second-order valence-electron chi connectivity index (χ2n) is 17.7. The molecule has 5 aliphatic rings. The number of nitrogens with zero attached hydrogens (tertiary/aromatic N) is 6. The maximum atomic E-state index is 12.2. The molecule has 0 unspecified atom stereocenters. The minimum absolute atomic E-state index is 0.139. The molecule has 2 aromatic rings. The lowest BCUT2D eigenvalue weighted by molar-refractivity contribution is -0.117. The third-order valence-corrected chi connectivity index (χ3v) is 11.6. The zero-order valence-corrected chi connectivity index (χ0v) is 35.2. The van der Waals surface area contributed by atoms with E-state index in [2.05, 4.69) is 32.9 Å². The van der Waals surface area contributed by atoms with Gasteiger partial charge in [-0.2, -0.15) is 0 Å². The van der Waals surface area contributed by atoms with E-state index in [0.717, 1.165) is 75.1 Å². The Labute approximate surface area is 337 Å². The molecule has 4 aliphatic heterocycles. The molecule has 0 bridgehead atoms. The molecular formula is C42H60Cl2N6O5. The molecule has 3 amide bonds. The topological polar surface area (TPSA) is 89.1 Å². The first-order valence-electron chi connectivity index (χ1n) is 20.0.